The summed E-state index contributed by atoms with van der Waals surface area (Å²) in [4.78, 5) is 16.8. The van der Waals surface area contributed by atoms with Crippen molar-refractivity contribution in [2.75, 3.05) is 13.2 Å². The number of fused-ring (bicyclic) bond motifs is 2. The van der Waals surface area contributed by atoms with Gasteiger partial charge in [0.05, 0.1) is 41.4 Å². The first kappa shape index (κ1) is 17.1. The highest BCUT2D eigenvalue weighted by atomic mass is 35.5. The Kier molecular flexibility index (Phi) is 4.95. The van der Waals surface area contributed by atoms with Crippen LogP contribution in [0.3, 0.4) is 0 Å². The van der Waals surface area contributed by atoms with Crippen molar-refractivity contribution >= 4 is 39.1 Å². The van der Waals surface area contributed by atoms with Gasteiger partial charge < -0.3 is 14.8 Å². The lowest BCUT2D eigenvalue weighted by Crippen LogP contribution is -2.24. The van der Waals surface area contributed by atoms with Crippen molar-refractivity contribution < 1.29 is 14.3 Å². The lowest BCUT2D eigenvalue weighted by atomic mass is 10.1. The summed E-state index contributed by atoms with van der Waals surface area (Å²) in [6, 6.07) is 11.5. The van der Waals surface area contributed by atoms with Crippen molar-refractivity contribution in [2.45, 2.75) is 19.4 Å². The highest BCUT2D eigenvalue weighted by molar-refractivity contribution is 7.18. The molecule has 0 saturated carbocycles. The molecule has 2 heterocycles. The van der Waals surface area contributed by atoms with Crippen LogP contribution in [0.1, 0.15) is 17.0 Å². The number of nitrogens with zero attached hydrogens (tertiary/aromatic N) is 1. The van der Waals surface area contributed by atoms with Crippen LogP contribution in [0.2, 0.25) is 5.02 Å². The molecule has 0 saturated heterocycles. The Hall–Kier alpha value is -2.31. The summed E-state index contributed by atoms with van der Waals surface area (Å²) < 4.78 is 12.4. The highest BCUT2D eigenvalue weighted by Crippen LogP contribution is 2.38. The number of ether oxygens (including phenoxy) is 2. The van der Waals surface area contributed by atoms with E-state index in [9.17, 15) is 4.79 Å². The van der Waals surface area contributed by atoms with Crippen molar-refractivity contribution in [3.8, 4) is 11.5 Å². The van der Waals surface area contributed by atoms with Crippen LogP contribution in [0.25, 0.3) is 10.2 Å². The van der Waals surface area contributed by atoms with Gasteiger partial charge in [-0.2, -0.15) is 0 Å². The summed E-state index contributed by atoms with van der Waals surface area (Å²) in [5, 5.41) is 4.27. The highest BCUT2D eigenvalue weighted by Gasteiger charge is 2.17. The summed E-state index contributed by atoms with van der Waals surface area (Å²) >= 11 is 7.86. The number of benzene rings is 2. The molecule has 1 aliphatic heterocycles. The van der Waals surface area contributed by atoms with Crippen LogP contribution in [0.15, 0.2) is 36.4 Å². The Bertz CT molecular complexity index is 924. The number of halogens is 1. The molecule has 134 valence electrons. The van der Waals surface area contributed by atoms with E-state index in [1.807, 2.05) is 30.3 Å². The molecule has 0 aliphatic carbocycles. The van der Waals surface area contributed by atoms with Gasteiger partial charge in [-0.1, -0.05) is 23.7 Å². The SMILES string of the molecule is O=C(Cc1cc(Cl)c2c(c1)OCCCO2)NCc1nc2ccccc2s1. The average molecular weight is 389 g/mol. The van der Waals surface area contributed by atoms with Crippen molar-refractivity contribution in [3.05, 3.63) is 52.0 Å². The second kappa shape index (κ2) is 7.51. The predicted molar refractivity (Wildman–Crippen MR) is 102 cm³/mol. The molecule has 4 rings (SSSR count). The molecule has 3 aromatic rings. The minimum absolute atomic E-state index is 0.0881. The van der Waals surface area contributed by atoms with E-state index in [4.69, 9.17) is 21.1 Å². The molecular weight excluding hydrogens is 372 g/mol. The van der Waals surface area contributed by atoms with Gasteiger partial charge in [-0.25, -0.2) is 4.98 Å². The zero-order valence-electron chi connectivity index (χ0n) is 14.0. The average Bonchev–Trinajstić information content (AvgIpc) is 2.89. The minimum Gasteiger partial charge on any atom is -0.489 e. The molecule has 1 aliphatic rings. The Morgan fingerprint density at radius 2 is 2.08 bits per heavy atom. The molecule has 1 N–H and O–H groups in total. The number of amides is 1. The topological polar surface area (TPSA) is 60.5 Å². The predicted octanol–water partition coefficient (Wildman–Crippen LogP) is 3.97. The maximum Gasteiger partial charge on any atom is 0.224 e. The number of para-hydroxylation sites is 1. The van der Waals surface area contributed by atoms with Gasteiger partial charge in [0, 0.05) is 6.42 Å². The Morgan fingerprint density at radius 1 is 1.23 bits per heavy atom. The van der Waals surface area contributed by atoms with Gasteiger partial charge in [-0.05, 0) is 29.8 Å². The third-order valence-corrected chi connectivity index (χ3v) is 5.32. The maximum absolute atomic E-state index is 12.3. The molecule has 7 heteroatoms. The van der Waals surface area contributed by atoms with Gasteiger partial charge in [-0.3, -0.25) is 4.79 Å². The van der Waals surface area contributed by atoms with Crippen molar-refractivity contribution in [3.63, 3.8) is 0 Å². The summed E-state index contributed by atoms with van der Waals surface area (Å²) in [6.07, 6.45) is 1.03. The van der Waals surface area contributed by atoms with E-state index < -0.39 is 0 Å². The molecule has 0 radical (unpaired) electrons. The van der Waals surface area contributed by atoms with Crippen LogP contribution in [0, 0.1) is 0 Å². The molecule has 0 unspecified atom stereocenters. The molecule has 5 nitrogen and oxygen atoms in total. The summed E-state index contributed by atoms with van der Waals surface area (Å²) in [5.74, 6) is 1.07. The van der Waals surface area contributed by atoms with E-state index in [1.165, 1.54) is 0 Å². The van der Waals surface area contributed by atoms with Crippen LogP contribution >= 0.6 is 22.9 Å². The fourth-order valence-corrected chi connectivity index (χ4v) is 4.00. The van der Waals surface area contributed by atoms with E-state index in [0.717, 1.165) is 27.2 Å². The summed E-state index contributed by atoms with van der Waals surface area (Å²) in [5.41, 5.74) is 1.75. The number of nitrogens with one attached hydrogen (secondary N) is 1. The van der Waals surface area contributed by atoms with Crippen molar-refractivity contribution in [1.29, 1.82) is 0 Å². The number of hydrogen-bond donors (Lipinski definition) is 1. The van der Waals surface area contributed by atoms with Crippen LogP contribution in [-0.2, 0) is 17.8 Å². The molecule has 26 heavy (non-hydrogen) atoms. The number of hydrogen-bond acceptors (Lipinski definition) is 5. The number of carbonyl (C=O) groups excluding carboxylic acids is 1. The van der Waals surface area contributed by atoms with Crippen LogP contribution < -0.4 is 14.8 Å². The summed E-state index contributed by atoms with van der Waals surface area (Å²) in [7, 11) is 0. The largest absolute Gasteiger partial charge is 0.489 e. The van der Waals surface area contributed by atoms with E-state index in [-0.39, 0.29) is 12.3 Å². The number of thiazole rings is 1. The Labute approximate surface area is 159 Å². The van der Waals surface area contributed by atoms with Crippen molar-refractivity contribution in [2.24, 2.45) is 0 Å². The lowest BCUT2D eigenvalue weighted by molar-refractivity contribution is -0.120. The Balaban J connectivity index is 1.41. The van der Waals surface area contributed by atoms with Gasteiger partial charge >= 0.3 is 0 Å². The smallest absolute Gasteiger partial charge is 0.224 e. The first-order valence-corrected chi connectivity index (χ1v) is 9.57. The van der Waals surface area contributed by atoms with Gasteiger partial charge in [0.15, 0.2) is 11.5 Å². The van der Waals surface area contributed by atoms with Gasteiger partial charge in [0.2, 0.25) is 5.91 Å². The Morgan fingerprint density at radius 3 is 2.96 bits per heavy atom. The zero-order valence-corrected chi connectivity index (χ0v) is 15.5. The number of rotatable bonds is 4. The number of carbonyl (C=O) groups is 1. The fraction of sp³-hybridized carbons (Fsp3) is 0.263. The normalized spacial score (nSPS) is 13.4. The zero-order chi connectivity index (χ0) is 17.9. The third kappa shape index (κ3) is 3.76. The molecule has 2 aromatic carbocycles. The first-order chi connectivity index (χ1) is 12.7. The summed E-state index contributed by atoms with van der Waals surface area (Å²) in [6.45, 7) is 1.57. The van der Waals surface area contributed by atoms with Crippen LogP contribution in [0.5, 0.6) is 11.5 Å². The molecule has 1 aromatic heterocycles. The quantitative estimate of drug-likeness (QED) is 0.734. The van der Waals surface area contributed by atoms with E-state index in [1.54, 1.807) is 17.4 Å². The van der Waals surface area contributed by atoms with Crippen LogP contribution in [0.4, 0.5) is 0 Å². The van der Waals surface area contributed by atoms with Gasteiger partial charge in [-0.15, -0.1) is 11.3 Å². The molecule has 0 fully saturated rings. The van der Waals surface area contributed by atoms with Crippen molar-refractivity contribution in [1.82, 2.24) is 10.3 Å². The van der Waals surface area contributed by atoms with Gasteiger partial charge in [0.1, 0.15) is 5.01 Å². The third-order valence-electron chi connectivity index (χ3n) is 4.00. The monoisotopic (exact) mass is 388 g/mol. The van der Waals surface area contributed by atoms with E-state index in [0.29, 0.717) is 36.3 Å². The second-order valence-electron chi connectivity index (χ2n) is 5.98. The first-order valence-electron chi connectivity index (χ1n) is 8.38. The molecule has 0 spiro atoms. The van der Waals surface area contributed by atoms with E-state index in [2.05, 4.69) is 10.3 Å². The van der Waals surface area contributed by atoms with E-state index >= 15 is 0 Å². The maximum atomic E-state index is 12.3. The minimum atomic E-state index is -0.0881. The lowest BCUT2D eigenvalue weighted by Gasteiger charge is -2.11. The standard InChI is InChI=1S/C19H17ClN2O3S/c20-13-8-12(9-15-19(13)25-7-3-6-24-15)10-17(23)21-11-18-22-14-4-1-2-5-16(14)26-18/h1-2,4-5,8-9H,3,6-7,10-11H2,(H,21,23). The van der Waals surface area contributed by atoms with Gasteiger partial charge in [0.25, 0.3) is 0 Å². The fourth-order valence-electron chi connectivity index (χ4n) is 2.80. The molecule has 0 bridgehead atoms. The number of aromatic nitrogens is 1. The molecule has 0 atom stereocenters. The molecule has 1 amide bonds. The second-order valence-corrected chi connectivity index (χ2v) is 7.51. The molecular formula is C19H17ClN2O3S. The van der Waals surface area contributed by atoms with Crippen LogP contribution in [-0.4, -0.2) is 24.1 Å².